The van der Waals surface area contributed by atoms with Crippen LogP contribution in [0.4, 0.5) is 4.39 Å². The van der Waals surface area contributed by atoms with Gasteiger partial charge in [-0.25, -0.2) is 12.8 Å². The molecule has 0 heterocycles. The molecule has 1 aromatic carbocycles. The van der Waals surface area contributed by atoms with Crippen LogP contribution >= 0.6 is 0 Å². The molecule has 1 N–H and O–H groups in total. The van der Waals surface area contributed by atoms with E-state index in [1.807, 2.05) is 13.8 Å². The predicted molar refractivity (Wildman–Crippen MR) is 83.2 cm³/mol. The Morgan fingerprint density at radius 3 is 2.43 bits per heavy atom. The molecule has 0 saturated heterocycles. The van der Waals surface area contributed by atoms with Crippen molar-refractivity contribution in [3.63, 3.8) is 0 Å². The molecule has 0 fully saturated rings. The van der Waals surface area contributed by atoms with E-state index in [4.69, 9.17) is 0 Å². The van der Waals surface area contributed by atoms with Crippen LogP contribution < -0.4 is 5.32 Å². The summed E-state index contributed by atoms with van der Waals surface area (Å²) >= 11 is 0. The summed E-state index contributed by atoms with van der Waals surface area (Å²) in [7, 11) is -1.95. The third-order valence-electron chi connectivity index (χ3n) is 3.72. The predicted octanol–water partition coefficient (Wildman–Crippen LogP) is 2.66. The second kappa shape index (κ2) is 7.33. The maximum atomic E-state index is 14.0. The molecule has 21 heavy (non-hydrogen) atoms. The number of nitrogens with one attached hydrogen (secondary N) is 1. The van der Waals surface area contributed by atoms with Gasteiger partial charge < -0.3 is 5.32 Å². The lowest BCUT2D eigenvalue weighted by atomic mass is 10.1. The molecule has 0 bridgehead atoms. The van der Waals surface area contributed by atoms with Crippen LogP contribution in [-0.2, 0) is 16.6 Å². The SMILES string of the molecule is CCC(C)N(CC)S(=O)(=O)c1cc(CNC)cc(F)c1C. The Kier molecular flexibility index (Phi) is 6.31. The second-order valence-corrected chi connectivity index (χ2v) is 7.06. The fourth-order valence-corrected chi connectivity index (χ4v) is 4.33. The average Bonchev–Trinajstić information content (AvgIpc) is 2.42. The summed E-state index contributed by atoms with van der Waals surface area (Å²) in [5, 5.41) is 2.91. The van der Waals surface area contributed by atoms with Gasteiger partial charge in [0.25, 0.3) is 0 Å². The monoisotopic (exact) mass is 316 g/mol. The molecule has 0 radical (unpaired) electrons. The number of rotatable bonds is 7. The van der Waals surface area contributed by atoms with E-state index in [0.29, 0.717) is 25.1 Å². The van der Waals surface area contributed by atoms with E-state index in [1.54, 1.807) is 20.0 Å². The van der Waals surface area contributed by atoms with Crippen molar-refractivity contribution in [1.29, 1.82) is 0 Å². The van der Waals surface area contributed by atoms with Gasteiger partial charge in [0, 0.05) is 24.7 Å². The van der Waals surface area contributed by atoms with Crippen molar-refractivity contribution < 1.29 is 12.8 Å². The molecule has 1 atom stereocenters. The van der Waals surface area contributed by atoms with Crippen molar-refractivity contribution in [3.8, 4) is 0 Å². The van der Waals surface area contributed by atoms with Crippen molar-refractivity contribution in [3.05, 3.63) is 29.1 Å². The molecule has 120 valence electrons. The molecule has 0 spiro atoms. The van der Waals surface area contributed by atoms with Gasteiger partial charge in [-0.15, -0.1) is 0 Å². The lowest BCUT2D eigenvalue weighted by Gasteiger charge is -2.27. The van der Waals surface area contributed by atoms with Crippen LogP contribution in [0.1, 0.15) is 38.3 Å². The first-order chi connectivity index (χ1) is 9.79. The first-order valence-electron chi connectivity index (χ1n) is 7.25. The summed E-state index contributed by atoms with van der Waals surface area (Å²) in [6.07, 6.45) is 0.713. The van der Waals surface area contributed by atoms with E-state index in [0.717, 1.165) is 0 Å². The van der Waals surface area contributed by atoms with Crippen LogP contribution in [0, 0.1) is 12.7 Å². The number of benzene rings is 1. The zero-order valence-electron chi connectivity index (χ0n) is 13.4. The standard InChI is InChI=1S/C15H25FN2O2S/c1-6-11(3)18(7-2)21(19,20)15-9-13(10-17-5)8-14(16)12(15)4/h8-9,11,17H,6-7,10H2,1-5H3. The van der Waals surface area contributed by atoms with Crippen molar-refractivity contribution >= 4 is 10.0 Å². The normalized spacial score (nSPS) is 13.7. The highest BCUT2D eigenvalue weighted by molar-refractivity contribution is 7.89. The fourth-order valence-electron chi connectivity index (χ4n) is 2.33. The van der Waals surface area contributed by atoms with E-state index in [2.05, 4.69) is 5.32 Å². The first-order valence-corrected chi connectivity index (χ1v) is 8.69. The van der Waals surface area contributed by atoms with Gasteiger partial charge in [-0.05, 0) is 45.0 Å². The summed E-state index contributed by atoms with van der Waals surface area (Å²) < 4.78 is 41.1. The zero-order valence-corrected chi connectivity index (χ0v) is 14.2. The molecular formula is C15H25FN2O2S. The van der Waals surface area contributed by atoms with E-state index in [1.165, 1.54) is 17.3 Å². The van der Waals surface area contributed by atoms with Crippen LogP contribution in [0.15, 0.2) is 17.0 Å². The smallest absolute Gasteiger partial charge is 0.243 e. The van der Waals surface area contributed by atoms with Crippen molar-refractivity contribution in [2.75, 3.05) is 13.6 Å². The Morgan fingerprint density at radius 2 is 1.95 bits per heavy atom. The maximum absolute atomic E-state index is 14.0. The minimum Gasteiger partial charge on any atom is -0.316 e. The molecule has 6 heteroatoms. The summed E-state index contributed by atoms with van der Waals surface area (Å²) in [6.45, 7) is 7.91. The quantitative estimate of drug-likeness (QED) is 0.841. The minimum absolute atomic E-state index is 0.0647. The molecular weight excluding hydrogens is 291 g/mol. The number of sulfonamides is 1. The first kappa shape index (κ1) is 18.1. The topological polar surface area (TPSA) is 49.4 Å². The molecule has 0 aliphatic heterocycles. The van der Waals surface area contributed by atoms with Gasteiger partial charge in [-0.1, -0.05) is 13.8 Å². The van der Waals surface area contributed by atoms with Crippen LogP contribution in [0.25, 0.3) is 0 Å². The van der Waals surface area contributed by atoms with Crippen LogP contribution in [-0.4, -0.2) is 32.4 Å². The van der Waals surface area contributed by atoms with Crippen LogP contribution in [0.2, 0.25) is 0 Å². The Bertz CT molecular complexity index is 588. The number of halogens is 1. The van der Waals surface area contributed by atoms with Gasteiger partial charge >= 0.3 is 0 Å². The van der Waals surface area contributed by atoms with E-state index in [-0.39, 0.29) is 16.5 Å². The molecule has 0 saturated carbocycles. The van der Waals surface area contributed by atoms with Gasteiger partial charge in [-0.2, -0.15) is 4.31 Å². The fraction of sp³-hybridized carbons (Fsp3) is 0.600. The van der Waals surface area contributed by atoms with E-state index < -0.39 is 15.8 Å². The lowest BCUT2D eigenvalue weighted by molar-refractivity contribution is 0.342. The summed E-state index contributed by atoms with van der Waals surface area (Å²) in [6, 6.07) is 2.83. The van der Waals surface area contributed by atoms with Crippen molar-refractivity contribution in [2.24, 2.45) is 0 Å². The number of nitrogens with zero attached hydrogens (tertiary/aromatic N) is 1. The van der Waals surface area contributed by atoms with Gasteiger partial charge in [0.1, 0.15) is 5.82 Å². The number of hydrogen-bond donors (Lipinski definition) is 1. The highest BCUT2D eigenvalue weighted by atomic mass is 32.2. The van der Waals surface area contributed by atoms with Gasteiger partial charge in [0.05, 0.1) is 4.90 Å². The summed E-state index contributed by atoms with van der Waals surface area (Å²) in [5.74, 6) is -0.485. The second-order valence-electron chi connectivity index (χ2n) is 5.20. The lowest BCUT2D eigenvalue weighted by Crippen LogP contribution is -2.38. The third kappa shape index (κ3) is 3.81. The molecule has 0 aliphatic carbocycles. The molecule has 1 aromatic rings. The van der Waals surface area contributed by atoms with E-state index in [9.17, 15) is 12.8 Å². The largest absolute Gasteiger partial charge is 0.316 e. The Morgan fingerprint density at radius 1 is 1.33 bits per heavy atom. The molecule has 1 rings (SSSR count). The van der Waals surface area contributed by atoms with Gasteiger partial charge in [0.2, 0.25) is 10.0 Å². The molecule has 0 aromatic heterocycles. The zero-order chi connectivity index (χ0) is 16.2. The average molecular weight is 316 g/mol. The van der Waals surface area contributed by atoms with Gasteiger partial charge in [-0.3, -0.25) is 0 Å². The van der Waals surface area contributed by atoms with E-state index >= 15 is 0 Å². The highest BCUT2D eigenvalue weighted by Crippen LogP contribution is 2.25. The number of hydrogen-bond acceptors (Lipinski definition) is 3. The summed E-state index contributed by atoms with van der Waals surface area (Å²) in [5.41, 5.74) is 0.802. The summed E-state index contributed by atoms with van der Waals surface area (Å²) in [4.78, 5) is 0.0647. The van der Waals surface area contributed by atoms with Gasteiger partial charge in [0.15, 0.2) is 0 Å². The Labute approximate surface area is 127 Å². The Hall–Kier alpha value is -0.980. The molecule has 0 aliphatic rings. The van der Waals surface area contributed by atoms with Crippen LogP contribution in [0.3, 0.4) is 0 Å². The van der Waals surface area contributed by atoms with Crippen molar-refractivity contribution in [1.82, 2.24) is 9.62 Å². The highest BCUT2D eigenvalue weighted by Gasteiger charge is 2.29. The van der Waals surface area contributed by atoms with Crippen molar-refractivity contribution in [2.45, 2.75) is 51.6 Å². The maximum Gasteiger partial charge on any atom is 0.243 e. The molecule has 0 amide bonds. The molecule has 4 nitrogen and oxygen atoms in total. The molecule has 1 unspecified atom stereocenters. The third-order valence-corrected chi connectivity index (χ3v) is 5.93. The Balaban J connectivity index is 3.42. The van der Waals surface area contributed by atoms with Crippen LogP contribution in [0.5, 0.6) is 0 Å². The minimum atomic E-state index is -3.69.